The molecule has 0 saturated heterocycles. The number of hydrogen-bond acceptors (Lipinski definition) is 7. The van der Waals surface area contributed by atoms with Gasteiger partial charge in [0.25, 0.3) is 5.91 Å². The molecule has 0 fully saturated rings. The van der Waals surface area contributed by atoms with E-state index in [9.17, 15) is 13.2 Å². The van der Waals surface area contributed by atoms with Gasteiger partial charge in [-0.25, -0.2) is 13.3 Å². The normalized spacial score (nSPS) is 18.4. The minimum Gasteiger partial charge on any atom is -0.457 e. The van der Waals surface area contributed by atoms with E-state index in [-0.39, 0.29) is 21.7 Å². The van der Waals surface area contributed by atoms with Crippen LogP contribution in [0.3, 0.4) is 0 Å². The van der Waals surface area contributed by atoms with Crippen LogP contribution in [0.15, 0.2) is 55.8 Å². The van der Waals surface area contributed by atoms with Crippen LogP contribution in [0.5, 0.6) is 0 Å². The topological polar surface area (TPSA) is 116 Å². The van der Waals surface area contributed by atoms with E-state index in [0.717, 1.165) is 28.7 Å². The van der Waals surface area contributed by atoms with Crippen LogP contribution in [-0.4, -0.2) is 41.7 Å². The van der Waals surface area contributed by atoms with Crippen LogP contribution >= 0.6 is 23.5 Å². The third-order valence-electron chi connectivity index (χ3n) is 3.85. The number of nitrogens with one attached hydrogen (secondary N) is 1. The first-order chi connectivity index (χ1) is 13.2. The summed E-state index contributed by atoms with van der Waals surface area (Å²) in [7, 11) is -3.70. The number of amides is 1. The Kier molecular flexibility index (Phi) is 4.48. The predicted molar refractivity (Wildman–Crippen MR) is 109 cm³/mol. The van der Waals surface area contributed by atoms with Gasteiger partial charge in [0.1, 0.15) is 17.4 Å². The van der Waals surface area contributed by atoms with E-state index in [1.165, 1.54) is 6.08 Å². The number of nitrogens with zero attached hydrogens (tertiary/aromatic N) is 3. The van der Waals surface area contributed by atoms with Crippen molar-refractivity contribution in [3.8, 4) is 11.3 Å². The summed E-state index contributed by atoms with van der Waals surface area (Å²) < 4.78 is 33.3. The average molecular weight is 435 g/mol. The Bertz CT molecular complexity index is 1230. The number of fused-ring (bicyclic) bond motifs is 1. The first-order valence-electron chi connectivity index (χ1n) is 7.78. The molecule has 1 aromatic heterocycles. The molecule has 2 aliphatic rings. The monoisotopic (exact) mass is 434 g/mol. The summed E-state index contributed by atoms with van der Waals surface area (Å²) in [4.78, 5) is 17.2. The lowest BCUT2D eigenvalue weighted by Gasteiger charge is -2.23. The highest BCUT2D eigenvalue weighted by Crippen LogP contribution is 2.31. The van der Waals surface area contributed by atoms with Gasteiger partial charge in [0, 0.05) is 16.8 Å². The molecule has 0 bridgehead atoms. The number of furan rings is 1. The van der Waals surface area contributed by atoms with E-state index < -0.39 is 15.7 Å². The summed E-state index contributed by atoms with van der Waals surface area (Å²) in [5, 5.41) is 8.56. The molecule has 8 nitrogen and oxygen atoms in total. The standard InChI is InChI=1S/C17H11ClN4O4S2/c1-28(24,25)17-21-27-16-20-15(23)12(14(19)22(16)17)8-11-5-6-13(26-11)9-3-2-4-10(18)7-9/h2-8,19H,1H3/b12-8-,19-14?. The van der Waals surface area contributed by atoms with Gasteiger partial charge in [-0.15, -0.1) is 0 Å². The van der Waals surface area contributed by atoms with E-state index in [1.807, 2.05) is 6.07 Å². The Labute approximate surface area is 169 Å². The molecular weight excluding hydrogens is 424 g/mol. The van der Waals surface area contributed by atoms with Crippen molar-refractivity contribution in [1.29, 1.82) is 5.41 Å². The van der Waals surface area contributed by atoms with Gasteiger partial charge in [-0.3, -0.25) is 10.2 Å². The molecule has 0 aliphatic carbocycles. The number of halogens is 1. The molecule has 142 valence electrons. The zero-order valence-electron chi connectivity index (χ0n) is 14.2. The van der Waals surface area contributed by atoms with Gasteiger partial charge in [0.15, 0.2) is 0 Å². The van der Waals surface area contributed by atoms with Crippen LogP contribution < -0.4 is 0 Å². The third kappa shape index (κ3) is 3.30. The molecule has 0 saturated carbocycles. The maximum atomic E-state index is 12.3. The molecule has 1 N–H and O–H groups in total. The average Bonchev–Trinajstić information content (AvgIpc) is 3.25. The Morgan fingerprint density at radius 1 is 1.29 bits per heavy atom. The van der Waals surface area contributed by atoms with E-state index in [2.05, 4.69) is 9.39 Å². The van der Waals surface area contributed by atoms with E-state index in [0.29, 0.717) is 16.5 Å². The summed E-state index contributed by atoms with van der Waals surface area (Å²) in [5.74, 6) is -0.158. The van der Waals surface area contributed by atoms with Gasteiger partial charge < -0.3 is 4.42 Å². The lowest BCUT2D eigenvalue weighted by molar-refractivity contribution is -0.114. The van der Waals surface area contributed by atoms with E-state index in [1.54, 1.807) is 30.3 Å². The van der Waals surface area contributed by atoms with Crippen molar-refractivity contribution in [2.24, 2.45) is 9.39 Å². The van der Waals surface area contributed by atoms with Crippen molar-refractivity contribution in [3.63, 3.8) is 0 Å². The minimum atomic E-state index is -3.70. The van der Waals surface area contributed by atoms with Crippen LogP contribution in [0.4, 0.5) is 0 Å². The number of rotatable bonds is 2. The first kappa shape index (κ1) is 18.7. The van der Waals surface area contributed by atoms with Crippen molar-refractivity contribution in [1.82, 2.24) is 4.90 Å². The first-order valence-corrected chi connectivity index (χ1v) is 10.8. The quantitative estimate of drug-likeness (QED) is 0.573. The van der Waals surface area contributed by atoms with E-state index >= 15 is 0 Å². The second kappa shape index (κ2) is 6.73. The van der Waals surface area contributed by atoms with Gasteiger partial charge in [0.05, 0.1) is 17.5 Å². The largest absolute Gasteiger partial charge is 0.457 e. The molecule has 0 spiro atoms. The zero-order valence-corrected chi connectivity index (χ0v) is 16.6. The summed E-state index contributed by atoms with van der Waals surface area (Å²) in [6, 6.07) is 10.4. The lowest BCUT2D eigenvalue weighted by atomic mass is 10.1. The van der Waals surface area contributed by atoms with Crippen LogP contribution in [0.25, 0.3) is 17.4 Å². The Hall–Kier alpha value is -2.69. The highest BCUT2D eigenvalue weighted by atomic mass is 35.5. The fourth-order valence-corrected chi connectivity index (χ4v) is 4.64. The number of benzene rings is 1. The van der Waals surface area contributed by atoms with Gasteiger partial charge in [0.2, 0.25) is 20.2 Å². The molecule has 4 rings (SSSR count). The molecule has 1 aromatic carbocycles. The number of aliphatic imine (C=N–C) groups is 1. The molecule has 2 aliphatic heterocycles. The molecule has 3 heterocycles. The van der Waals surface area contributed by atoms with Crippen molar-refractivity contribution < 1.29 is 17.6 Å². The molecular formula is C17H11ClN4O4S2. The predicted octanol–water partition coefficient (Wildman–Crippen LogP) is 3.22. The molecule has 11 heteroatoms. The maximum absolute atomic E-state index is 12.3. The second-order valence-corrected chi connectivity index (χ2v) is 8.97. The van der Waals surface area contributed by atoms with Crippen LogP contribution in [0.2, 0.25) is 5.02 Å². The van der Waals surface area contributed by atoms with Crippen molar-refractivity contribution in [2.75, 3.05) is 6.26 Å². The summed E-state index contributed by atoms with van der Waals surface area (Å²) in [6.07, 6.45) is 2.33. The lowest BCUT2D eigenvalue weighted by Crippen LogP contribution is -2.45. The number of hydrogen-bond donors (Lipinski definition) is 1. The molecule has 2 aromatic rings. The number of carbonyl (C=O) groups excluding carboxylic acids is 1. The maximum Gasteiger partial charge on any atom is 0.283 e. The Morgan fingerprint density at radius 2 is 2.07 bits per heavy atom. The number of amidine groups is 3. The highest BCUT2D eigenvalue weighted by Gasteiger charge is 2.41. The van der Waals surface area contributed by atoms with Gasteiger partial charge in [-0.2, -0.15) is 9.39 Å². The highest BCUT2D eigenvalue weighted by molar-refractivity contribution is 8.16. The Balaban J connectivity index is 1.70. The van der Waals surface area contributed by atoms with Crippen molar-refractivity contribution in [3.05, 3.63) is 52.8 Å². The summed E-state index contributed by atoms with van der Waals surface area (Å²) >= 11 is 6.73. The van der Waals surface area contributed by atoms with Crippen LogP contribution in [-0.2, 0) is 14.6 Å². The zero-order chi connectivity index (χ0) is 20.1. The van der Waals surface area contributed by atoms with Gasteiger partial charge in [-0.05, 0) is 30.3 Å². The van der Waals surface area contributed by atoms with Crippen LogP contribution in [0.1, 0.15) is 5.76 Å². The third-order valence-corrected chi connectivity index (χ3v) is 5.84. The smallest absolute Gasteiger partial charge is 0.283 e. The molecule has 28 heavy (non-hydrogen) atoms. The second-order valence-electron chi connectivity index (χ2n) is 5.89. The number of carbonyl (C=O) groups is 1. The van der Waals surface area contributed by atoms with Crippen molar-refractivity contribution >= 4 is 61.5 Å². The Morgan fingerprint density at radius 3 is 2.79 bits per heavy atom. The van der Waals surface area contributed by atoms with Gasteiger partial charge >= 0.3 is 0 Å². The molecule has 0 atom stereocenters. The SMILES string of the molecule is CS(=O)(=O)C1=NSC2=NC(=O)/C(=C\c3ccc(-c4cccc(Cl)c4)o3)C(=N)N21. The van der Waals surface area contributed by atoms with E-state index in [4.69, 9.17) is 21.4 Å². The molecule has 0 radical (unpaired) electrons. The summed E-state index contributed by atoms with van der Waals surface area (Å²) in [6.45, 7) is 0. The number of sulfone groups is 1. The molecule has 1 amide bonds. The summed E-state index contributed by atoms with van der Waals surface area (Å²) in [5.41, 5.74) is 0.652. The molecule has 0 unspecified atom stereocenters. The van der Waals surface area contributed by atoms with Crippen molar-refractivity contribution in [2.45, 2.75) is 0 Å². The van der Waals surface area contributed by atoms with Crippen LogP contribution in [0, 0.1) is 5.41 Å². The fraction of sp³-hybridized carbons (Fsp3) is 0.0588. The fourth-order valence-electron chi connectivity index (χ4n) is 2.61. The van der Waals surface area contributed by atoms with Gasteiger partial charge in [-0.1, -0.05) is 23.7 Å². The minimum absolute atomic E-state index is 0.0339.